The molecule has 3 heteroatoms. The van der Waals surface area contributed by atoms with E-state index in [-0.39, 0.29) is 12.7 Å². The van der Waals surface area contributed by atoms with Crippen LogP contribution in [0.3, 0.4) is 0 Å². The van der Waals surface area contributed by atoms with E-state index in [0.717, 1.165) is 31.7 Å². The number of para-hydroxylation sites is 1. The van der Waals surface area contributed by atoms with Crippen LogP contribution in [0.25, 0.3) is 0 Å². The number of rotatable bonds is 12. The van der Waals surface area contributed by atoms with E-state index in [0.29, 0.717) is 12.5 Å². The summed E-state index contributed by atoms with van der Waals surface area (Å²) in [4.78, 5) is 2.35. The number of aliphatic hydroxyl groups is 1. The lowest BCUT2D eigenvalue weighted by Crippen LogP contribution is -2.29. The number of hydrogen-bond donors (Lipinski definition) is 1. The van der Waals surface area contributed by atoms with Crippen molar-refractivity contribution in [2.24, 2.45) is 0 Å². The van der Waals surface area contributed by atoms with Crippen LogP contribution in [-0.4, -0.2) is 35.8 Å². The van der Waals surface area contributed by atoms with E-state index in [1.807, 2.05) is 12.1 Å². The molecule has 0 radical (unpaired) electrons. The molecule has 3 aromatic rings. The van der Waals surface area contributed by atoms with Gasteiger partial charge >= 0.3 is 0 Å². The summed E-state index contributed by atoms with van der Waals surface area (Å²) in [6.45, 7) is 6.79. The van der Waals surface area contributed by atoms with Gasteiger partial charge in [-0.3, -0.25) is 4.90 Å². The van der Waals surface area contributed by atoms with Gasteiger partial charge in [-0.05, 0) is 61.9 Å². The highest BCUT2D eigenvalue weighted by atomic mass is 16.5. The van der Waals surface area contributed by atoms with E-state index in [1.165, 1.54) is 16.7 Å². The highest BCUT2D eigenvalue weighted by Crippen LogP contribution is 2.30. The summed E-state index contributed by atoms with van der Waals surface area (Å²) >= 11 is 0. The maximum atomic E-state index is 9.59. The lowest BCUT2D eigenvalue weighted by atomic mass is 9.88. The van der Waals surface area contributed by atoms with E-state index in [1.54, 1.807) is 0 Å². The number of benzene rings is 3. The molecule has 0 aliphatic heterocycles. The molecule has 0 aliphatic rings. The van der Waals surface area contributed by atoms with E-state index in [2.05, 4.69) is 91.5 Å². The van der Waals surface area contributed by atoms with Crippen LogP contribution < -0.4 is 4.74 Å². The first-order chi connectivity index (χ1) is 15.2. The molecule has 0 bridgehead atoms. The average molecular weight is 418 g/mol. The van der Waals surface area contributed by atoms with Crippen molar-refractivity contribution in [3.63, 3.8) is 0 Å². The Hall–Kier alpha value is -2.62. The van der Waals surface area contributed by atoms with Crippen molar-refractivity contribution < 1.29 is 9.84 Å². The van der Waals surface area contributed by atoms with Crippen molar-refractivity contribution in [1.29, 1.82) is 0 Å². The highest BCUT2D eigenvalue weighted by Gasteiger charge is 2.17. The summed E-state index contributed by atoms with van der Waals surface area (Å²) in [6, 6.07) is 29.7. The molecule has 0 aliphatic carbocycles. The molecule has 1 N–H and O–H groups in total. The third-order valence-corrected chi connectivity index (χ3v) is 5.53. The van der Waals surface area contributed by atoms with Gasteiger partial charge in [0.1, 0.15) is 5.75 Å². The molecule has 0 saturated heterocycles. The van der Waals surface area contributed by atoms with E-state index < -0.39 is 0 Å². The molecular formula is C28H35NO2. The lowest BCUT2D eigenvalue weighted by Gasteiger charge is -2.26. The summed E-state index contributed by atoms with van der Waals surface area (Å²) in [7, 11) is 0. The standard InChI is InChI=1S/C28H35NO2/c1-23(2)31-28-16-10-9-15-27(28)21-26(25-13-7-4-8-14-25)17-18-29(19-20-30)22-24-11-5-3-6-12-24/h3-16,23,26,30H,17-22H2,1-2H3/t26-/m0/s1. The average Bonchev–Trinajstić information content (AvgIpc) is 2.78. The molecule has 164 valence electrons. The number of nitrogens with zero attached hydrogens (tertiary/aromatic N) is 1. The largest absolute Gasteiger partial charge is 0.491 e. The summed E-state index contributed by atoms with van der Waals surface area (Å²) < 4.78 is 6.08. The van der Waals surface area contributed by atoms with Crippen LogP contribution in [0.1, 0.15) is 42.9 Å². The first-order valence-electron chi connectivity index (χ1n) is 11.3. The Balaban J connectivity index is 1.75. The number of ether oxygens (including phenoxy) is 1. The van der Waals surface area contributed by atoms with Crippen molar-refractivity contribution in [3.05, 3.63) is 102 Å². The Bertz CT molecular complexity index is 880. The Kier molecular flexibility index (Phi) is 9.14. The zero-order chi connectivity index (χ0) is 21.9. The molecule has 0 aromatic heterocycles. The first-order valence-corrected chi connectivity index (χ1v) is 11.3. The molecule has 0 amide bonds. The van der Waals surface area contributed by atoms with Crippen molar-refractivity contribution in [3.8, 4) is 5.75 Å². The van der Waals surface area contributed by atoms with Crippen LogP contribution in [0.15, 0.2) is 84.9 Å². The molecule has 31 heavy (non-hydrogen) atoms. The fourth-order valence-electron chi connectivity index (χ4n) is 4.01. The third-order valence-electron chi connectivity index (χ3n) is 5.53. The van der Waals surface area contributed by atoms with Crippen LogP contribution >= 0.6 is 0 Å². The minimum absolute atomic E-state index is 0.155. The predicted molar refractivity (Wildman–Crippen MR) is 129 cm³/mol. The Morgan fingerprint density at radius 3 is 2.13 bits per heavy atom. The van der Waals surface area contributed by atoms with Crippen molar-refractivity contribution in [2.45, 2.75) is 45.3 Å². The van der Waals surface area contributed by atoms with Gasteiger partial charge in [0.2, 0.25) is 0 Å². The van der Waals surface area contributed by atoms with Gasteiger partial charge in [-0.15, -0.1) is 0 Å². The van der Waals surface area contributed by atoms with Gasteiger partial charge in [0.25, 0.3) is 0 Å². The van der Waals surface area contributed by atoms with E-state index in [9.17, 15) is 5.11 Å². The maximum Gasteiger partial charge on any atom is 0.122 e. The smallest absolute Gasteiger partial charge is 0.122 e. The normalized spacial score (nSPS) is 12.3. The zero-order valence-corrected chi connectivity index (χ0v) is 18.8. The van der Waals surface area contributed by atoms with Crippen molar-refractivity contribution in [2.75, 3.05) is 19.7 Å². The summed E-state index contributed by atoms with van der Waals surface area (Å²) in [5.74, 6) is 1.37. The molecule has 3 nitrogen and oxygen atoms in total. The van der Waals surface area contributed by atoms with Crippen LogP contribution in [0.5, 0.6) is 5.75 Å². The highest BCUT2D eigenvalue weighted by molar-refractivity contribution is 5.35. The van der Waals surface area contributed by atoms with Crippen LogP contribution in [0, 0.1) is 0 Å². The first kappa shape index (κ1) is 23.1. The second-order valence-electron chi connectivity index (χ2n) is 8.36. The zero-order valence-electron chi connectivity index (χ0n) is 18.8. The van der Waals surface area contributed by atoms with Gasteiger partial charge in [0, 0.05) is 13.1 Å². The fourth-order valence-corrected chi connectivity index (χ4v) is 4.01. The molecule has 3 rings (SSSR count). The number of hydrogen-bond acceptors (Lipinski definition) is 3. The van der Waals surface area contributed by atoms with E-state index >= 15 is 0 Å². The molecule has 0 unspecified atom stereocenters. The minimum atomic E-state index is 0.155. The maximum absolute atomic E-state index is 9.59. The molecule has 0 heterocycles. The summed E-state index contributed by atoms with van der Waals surface area (Å²) in [5, 5.41) is 9.59. The molecule has 1 atom stereocenters. The molecule has 0 spiro atoms. The molecular weight excluding hydrogens is 382 g/mol. The number of aliphatic hydroxyl groups excluding tert-OH is 1. The van der Waals surface area contributed by atoms with Crippen molar-refractivity contribution in [1.82, 2.24) is 4.90 Å². The Labute approximate surface area is 187 Å². The summed E-state index contributed by atoms with van der Waals surface area (Å²) in [5.41, 5.74) is 3.88. The molecule has 0 fully saturated rings. The van der Waals surface area contributed by atoms with Crippen LogP contribution in [0.4, 0.5) is 0 Å². The van der Waals surface area contributed by atoms with Gasteiger partial charge < -0.3 is 9.84 Å². The van der Waals surface area contributed by atoms with Gasteiger partial charge in [-0.2, -0.15) is 0 Å². The topological polar surface area (TPSA) is 32.7 Å². The molecule has 0 saturated carbocycles. The van der Waals surface area contributed by atoms with Gasteiger partial charge in [-0.1, -0.05) is 78.9 Å². The Morgan fingerprint density at radius 1 is 0.806 bits per heavy atom. The van der Waals surface area contributed by atoms with Gasteiger partial charge in [0.05, 0.1) is 12.7 Å². The van der Waals surface area contributed by atoms with Crippen LogP contribution in [-0.2, 0) is 13.0 Å². The fraction of sp³-hybridized carbons (Fsp3) is 0.357. The van der Waals surface area contributed by atoms with Gasteiger partial charge in [-0.25, -0.2) is 0 Å². The Morgan fingerprint density at radius 2 is 1.45 bits per heavy atom. The quantitative estimate of drug-likeness (QED) is 0.411. The second-order valence-corrected chi connectivity index (χ2v) is 8.36. The van der Waals surface area contributed by atoms with Crippen molar-refractivity contribution >= 4 is 0 Å². The van der Waals surface area contributed by atoms with E-state index in [4.69, 9.17) is 4.74 Å². The predicted octanol–water partition coefficient (Wildman–Crippen LogP) is 5.68. The lowest BCUT2D eigenvalue weighted by molar-refractivity contribution is 0.185. The van der Waals surface area contributed by atoms with Gasteiger partial charge in [0.15, 0.2) is 0 Å². The monoisotopic (exact) mass is 417 g/mol. The van der Waals surface area contributed by atoms with Crippen LogP contribution in [0.2, 0.25) is 0 Å². The SMILES string of the molecule is CC(C)Oc1ccccc1C[C@H](CCN(CCO)Cc1ccccc1)c1ccccc1. The second kappa shape index (κ2) is 12.3. The summed E-state index contributed by atoms with van der Waals surface area (Å²) in [6.07, 6.45) is 2.11. The minimum Gasteiger partial charge on any atom is -0.491 e. The third kappa shape index (κ3) is 7.54. The molecule has 3 aromatic carbocycles.